The van der Waals surface area contributed by atoms with E-state index in [1.165, 1.54) is 26.4 Å². The Bertz CT molecular complexity index is 912. The summed E-state index contributed by atoms with van der Waals surface area (Å²) in [6.45, 7) is 3.11. The quantitative estimate of drug-likeness (QED) is 0.646. The van der Waals surface area contributed by atoms with Crippen molar-refractivity contribution in [1.82, 2.24) is 9.80 Å². The molecule has 1 aliphatic rings. The van der Waals surface area contributed by atoms with E-state index in [0.717, 1.165) is 0 Å². The smallest absolute Gasteiger partial charge is 0.254 e. The highest BCUT2D eigenvalue weighted by atomic mass is 16.5. The normalized spacial score (nSPS) is 14.2. The molecule has 0 atom stereocenters. The summed E-state index contributed by atoms with van der Waals surface area (Å²) in [5.74, 6) is 0.840. The molecular weight excluding hydrogens is 400 g/mol. The van der Waals surface area contributed by atoms with Crippen LogP contribution in [0.15, 0.2) is 36.4 Å². The molecule has 0 unspecified atom stereocenters. The molecule has 31 heavy (non-hydrogen) atoms. The predicted molar refractivity (Wildman–Crippen MR) is 115 cm³/mol. The maximum Gasteiger partial charge on any atom is 0.254 e. The number of aromatic hydroxyl groups is 1. The van der Waals surface area contributed by atoms with Crippen molar-refractivity contribution < 1.29 is 28.9 Å². The van der Waals surface area contributed by atoms with Crippen LogP contribution in [0.5, 0.6) is 23.0 Å². The van der Waals surface area contributed by atoms with Crippen LogP contribution in [0.2, 0.25) is 0 Å². The second kappa shape index (κ2) is 10.2. The molecule has 1 fully saturated rings. The Morgan fingerprint density at radius 3 is 2.13 bits per heavy atom. The SMILES string of the molecule is COc1cccc(C(=O)CCN2CCN(C(=O)c3cc(OC)c(O)c(OC)c3)CC2)c1. The van der Waals surface area contributed by atoms with E-state index in [-0.39, 0.29) is 28.9 Å². The molecule has 166 valence electrons. The fourth-order valence-corrected chi connectivity index (χ4v) is 3.57. The lowest BCUT2D eigenvalue weighted by Crippen LogP contribution is -2.49. The van der Waals surface area contributed by atoms with Gasteiger partial charge in [0.05, 0.1) is 21.3 Å². The van der Waals surface area contributed by atoms with Crippen LogP contribution >= 0.6 is 0 Å². The van der Waals surface area contributed by atoms with Crippen molar-refractivity contribution >= 4 is 11.7 Å². The van der Waals surface area contributed by atoms with E-state index in [0.29, 0.717) is 56.0 Å². The number of carbonyl (C=O) groups excluding carboxylic acids is 2. The average molecular weight is 428 g/mol. The molecule has 3 rings (SSSR count). The number of hydrogen-bond donors (Lipinski definition) is 1. The maximum atomic E-state index is 12.9. The second-order valence-corrected chi connectivity index (χ2v) is 7.27. The van der Waals surface area contributed by atoms with E-state index in [4.69, 9.17) is 14.2 Å². The van der Waals surface area contributed by atoms with Crippen LogP contribution in [0.3, 0.4) is 0 Å². The van der Waals surface area contributed by atoms with Crippen molar-refractivity contribution in [3.8, 4) is 23.0 Å². The van der Waals surface area contributed by atoms with E-state index in [2.05, 4.69) is 4.90 Å². The summed E-state index contributed by atoms with van der Waals surface area (Å²) < 4.78 is 15.5. The van der Waals surface area contributed by atoms with Crippen molar-refractivity contribution in [1.29, 1.82) is 0 Å². The van der Waals surface area contributed by atoms with Gasteiger partial charge in [-0.15, -0.1) is 0 Å². The number of benzene rings is 2. The van der Waals surface area contributed by atoms with Crippen LogP contribution in [-0.4, -0.2) is 80.6 Å². The van der Waals surface area contributed by atoms with E-state index in [9.17, 15) is 14.7 Å². The van der Waals surface area contributed by atoms with Crippen molar-refractivity contribution in [2.24, 2.45) is 0 Å². The molecule has 0 saturated carbocycles. The molecular formula is C23H28N2O6. The molecule has 8 nitrogen and oxygen atoms in total. The number of methoxy groups -OCH3 is 3. The van der Waals surface area contributed by atoms with Gasteiger partial charge >= 0.3 is 0 Å². The molecule has 1 saturated heterocycles. The first-order valence-electron chi connectivity index (χ1n) is 10.1. The zero-order valence-electron chi connectivity index (χ0n) is 18.1. The predicted octanol–water partition coefficient (Wildman–Crippen LogP) is 2.45. The second-order valence-electron chi connectivity index (χ2n) is 7.27. The first-order chi connectivity index (χ1) is 15.0. The first kappa shape index (κ1) is 22.4. The zero-order valence-corrected chi connectivity index (χ0v) is 18.1. The van der Waals surface area contributed by atoms with Crippen molar-refractivity contribution in [2.45, 2.75) is 6.42 Å². The molecule has 1 amide bonds. The summed E-state index contributed by atoms with van der Waals surface area (Å²) in [5, 5.41) is 10.0. The lowest BCUT2D eigenvalue weighted by molar-refractivity contribution is 0.0627. The monoisotopic (exact) mass is 428 g/mol. The molecule has 0 aromatic heterocycles. The minimum absolute atomic E-state index is 0.0701. The Morgan fingerprint density at radius 1 is 0.903 bits per heavy atom. The van der Waals surface area contributed by atoms with Gasteiger partial charge in [0.15, 0.2) is 17.3 Å². The number of nitrogens with zero attached hydrogens (tertiary/aromatic N) is 2. The molecule has 0 spiro atoms. The van der Waals surface area contributed by atoms with E-state index in [1.54, 1.807) is 24.1 Å². The van der Waals surface area contributed by atoms with Gasteiger partial charge < -0.3 is 24.2 Å². The third-order valence-electron chi connectivity index (χ3n) is 5.43. The fraction of sp³-hybridized carbons (Fsp3) is 0.391. The number of piperazine rings is 1. The number of phenols is 1. The van der Waals surface area contributed by atoms with E-state index >= 15 is 0 Å². The molecule has 8 heteroatoms. The first-order valence-corrected chi connectivity index (χ1v) is 10.1. The summed E-state index contributed by atoms with van der Waals surface area (Å²) in [4.78, 5) is 29.3. The molecule has 0 bridgehead atoms. The third kappa shape index (κ3) is 5.27. The number of amides is 1. The van der Waals surface area contributed by atoms with Crippen LogP contribution in [-0.2, 0) is 0 Å². The number of carbonyl (C=O) groups is 2. The van der Waals surface area contributed by atoms with Crippen molar-refractivity contribution in [2.75, 3.05) is 54.1 Å². The topological polar surface area (TPSA) is 88.5 Å². The van der Waals surface area contributed by atoms with Gasteiger partial charge in [-0.3, -0.25) is 14.5 Å². The van der Waals surface area contributed by atoms with Crippen molar-refractivity contribution in [3.63, 3.8) is 0 Å². The minimum atomic E-state index is -0.149. The van der Waals surface area contributed by atoms with Gasteiger partial charge in [-0.1, -0.05) is 12.1 Å². The number of hydrogen-bond acceptors (Lipinski definition) is 7. The van der Waals surface area contributed by atoms with Crippen LogP contribution in [0.4, 0.5) is 0 Å². The number of phenolic OH excluding ortho intramolecular Hbond substituents is 1. The molecule has 1 N–H and O–H groups in total. The molecule has 0 aliphatic carbocycles. The van der Waals surface area contributed by atoms with Gasteiger partial charge in [-0.05, 0) is 24.3 Å². The Hall–Kier alpha value is -3.26. The van der Waals surface area contributed by atoms with Gasteiger partial charge in [-0.2, -0.15) is 0 Å². The maximum absolute atomic E-state index is 12.9. The number of Topliss-reactive ketones (excluding diaryl/α,β-unsaturated/α-hetero) is 1. The van der Waals surface area contributed by atoms with Crippen LogP contribution in [0.1, 0.15) is 27.1 Å². The highest BCUT2D eigenvalue weighted by Gasteiger charge is 2.24. The zero-order chi connectivity index (χ0) is 22.4. The van der Waals surface area contributed by atoms with Crippen LogP contribution < -0.4 is 14.2 Å². The molecule has 2 aromatic carbocycles. The fourth-order valence-electron chi connectivity index (χ4n) is 3.57. The number of ketones is 1. The minimum Gasteiger partial charge on any atom is -0.502 e. The van der Waals surface area contributed by atoms with Crippen LogP contribution in [0.25, 0.3) is 0 Å². The summed E-state index contributed by atoms with van der Waals surface area (Å²) in [7, 11) is 4.43. The Balaban J connectivity index is 1.54. The standard InChI is InChI=1S/C23H28N2O6/c1-29-18-6-4-5-16(13-18)19(26)7-8-24-9-11-25(12-10-24)23(28)17-14-20(30-2)22(27)21(15-17)31-3/h4-6,13-15,27H,7-12H2,1-3H3. The van der Waals surface area contributed by atoms with Gasteiger partial charge in [0, 0.05) is 50.3 Å². The number of rotatable bonds is 8. The van der Waals surface area contributed by atoms with Gasteiger partial charge in [0.1, 0.15) is 5.75 Å². The molecule has 2 aromatic rings. The third-order valence-corrected chi connectivity index (χ3v) is 5.43. The largest absolute Gasteiger partial charge is 0.502 e. The lowest BCUT2D eigenvalue weighted by Gasteiger charge is -2.34. The Morgan fingerprint density at radius 2 is 1.55 bits per heavy atom. The molecule has 1 aliphatic heterocycles. The van der Waals surface area contributed by atoms with E-state index < -0.39 is 0 Å². The Kier molecular flexibility index (Phi) is 7.36. The summed E-state index contributed by atoms with van der Waals surface area (Å²) in [6.07, 6.45) is 0.410. The molecule has 0 radical (unpaired) electrons. The number of ether oxygens (including phenoxy) is 3. The summed E-state index contributed by atoms with van der Waals surface area (Å²) in [6, 6.07) is 10.2. The Labute approximate surface area is 181 Å². The summed E-state index contributed by atoms with van der Waals surface area (Å²) in [5.41, 5.74) is 1.04. The van der Waals surface area contributed by atoms with Gasteiger partial charge in [-0.25, -0.2) is 0 Å². The highest BCUT2D eigenvalue weighted by molar-refractivity contribution is 5.96. The van der Waals surface area contributed by atoms with Crippen LogP contribution in [0, 0.1) is 0 Å². The lowest BCUT2D eigenvalue weighted by atomic mass is 10.1. The summed E-state index contributed by atoms with van der Waals surface area (Å²) >= 11 is 0. The average Bonchev–Trinajstić information content (AvgIpc) is 2.82. The van der Waals surface area contributed by atoms with E-state index in [1.807, 2.05) is 12.1 Å². The molecule has 1 heterocycles. The van der Waals surface area contributed by atoms with Gasteiger partial charge in [0.2, 0.25) is 5.75 Å². The van der Waals surface area contributed by atoms with Gasteiger partial charge in [0.25, 0.3) is 5.91 Å². The highest BCUT2D eigenvalue weighted by Crippen LogP contribution is 2.37. The van der Waals surface area contributed by atoms with Crippen molar-refractivity contribution in [3.05, 3.63) is 47.5 Å².